The summed E-state index contributed by atoms with van der Waals surface area (Å²) in [6.45, 7) is 0. The highest BCUT2D eigenvalue weighted by Crippen LogP contribution is 2.20. The van der Waals surface area contributed by atoms with Crippen molar-refractivity contribution in [3.05, 3.63) is 78.1 Å². The van der Waals surface area contributed by atoms with Crippen LogP contribution in [0.1, 0.15) is 11.1 Å². The second kappa shape index (κ2) is 6.48. The first-order chi connectivity index (χ1) is 10.4. The van der Waals surface area contributed by atoms with E-state index >= 15 is 0 Å². The summed E-state index contributed by atoms with van der Waals surface area (Å²) < 4.78 is 0. The fraction of sp³-hybridized carbons (Fsp3) is 0.167. The van der Waals surface area contributed by atoms with Gasteiger partial charge in [0, 0.05) is 18.4 Å². The lowest BCUT2D eigenvalue weighted by Gasteiger charge is -2.17. The van der Waals surface area contributed by atoms with Crippen molar-refractivity contribution in [3.8, 4) is 0 Å². The summed E-state index contributed by atoms with van der Waals surface area (Å²) >= 11 is 0. The minimum Gasteiger partial charge on any atom is -0.271 e. The summed E-state index contributed by atoms with van der Waals surface area (Å²) in [6, 6.07) is 19.1. The van der Waals surface area contributed by atoms with E-state index in [4.69, 9.17) is 5.84 Å². The van der Waals surface area contributed by atoms with Crippen molar-refractivity contribution in [1.29, 1.82) is 0 Å². The Labute approximate surface area is 124 Å². The SMILES string of the molecule is NNC(Cc1cccnc1)Cc1cccc2ccccc12. The molecule has 106 valence electrons. The molecule has 0 aliphatic heterocycles. The van der Waals surface area contributed by atoms with E-state index in [-0.39, 0.29) is 6.04 Å². The largest absolute Gasteiger partial charge is 0.271 e. The Kier molecular flexibility index (Phi) is 4.24. The third-order valence-corrected chi connectivity index (χ3v) is 3.79. The zero-order chi connectivity index (χ0) is 14.5. The van der Waals surface area contributed by atoms with Gasteiger partial charge in [-0.3, -0.25) is 16.3 Å². The van der Waals surface area contributed by atoms with Gasteiger partial charge in [0.15, 0.2) is 0 Å². The predicted molar refractivity (Wildman–Crippen MR) is 86.7 cm³/mol. The monoisotopic (exact) mass is 277 g/mol. The number of hydrogen-bond acceptors (Lipinski definition) is 3. The normalized spacial score (nSPS) is 12.4. The Morgan fingerprint density at radius 1 is 0.952 bits per heavy atom. The molecule has 3 nitrogen and oxygen atoms in total. The van der Waals surface area contributed by atoms with Crippen molar-refractivity contribution < 1.29 is 0 Å². The highest BCUT2D eigenvalue weighted by molar-refractivity contribution is 5.85. The van der Waals surface area contributed by atoms with E-state index in [9.17, 15) is 0 Å². The molecule has 0 saturated carbocycles. The zero-order valence-corrected chi connectivity index (χ0v) is 11.9. The maximum Gasteiger partial charge on any atom is 0.0300 e. The summed E-state index contributed by atoms with van der Waals surface area (Å²) in [6.07, 6.45) is 5.45. The van der Waals surface area contributed by atoms with Crippen LogP contribution in [0.15, 0.2) is 67.0 Å². The molecule has 1 atom stereocenters. The average molecular weight is 277 g/mol. The number of rotatable bonds is 5. The van der Waals surface area contributed by atoms with Gasteiger partial charge < -0.3 is 0 Å². The highest BCUT2D eigenvalue weighted by Gasteiger charge is 2.11. The van der Waals surface area contributed by atoms with Crippen molar-refractivity contribution in [3.63, 3.8) is 0 Å². The van der Waals surface area contributed by atoms with Crippen LogP contribution in [-0.4, -0.2) is 11.0 Å². The molecular weight excluding hydrogens is 258 g/mol. The van der Waals surface area contributed by atoms with Gasteiger partial charge in [-0.05, 0) is 40.8 Å². The van der Waals surface area contributed by atoms with E-state index in [1.54, 1.807) is 6.20 Å². The molecule has 0 amide bonds. The van der Waals surface area contributed by atoms with E-state index in [2.05, 4.69) is 58.9 Å². The molecule has 0 fully saturated rings. The van der Waals surface area contributed by atoms with Crippen molar-refractivity contribution in [1.82, 2.24) is 10.4 Å². The molecule has 3 N–H and O–H groups in total. The molecule has 2 aromatic carbocycles. The van der Waals surface area contributed by atoms with Crippen LogP contribution in [0, 0.1) is 0 Å². The van der Waals surface area contributed by atoms with E-state index in [1.807, 2.05) is 12.3 Å². The second-order valence-corrected chi connectivity index (χ2v) is 5.27. The molecule has 3 heteroatoms. The first kappa shape index (κ1) is 13.7. The molecule has 3 aromatic rings. The molecule has 0 spiro atoms. The minimum atomic E-state index is 0.194. The second-order valence-electron chi connectivity index (χ2n) is 5.27. The standard InChI is InChI=1S/C18H19N3/c19-21-17(11-14-5-4-10-20-13-14)12-16-8-3-7-15-6-1-2-9-18(15)16/h1-10,13,17,21H,11-12,19H2. The average Bonchev–Trinajstić information content (AvgIpc) is 2.55. The van der Waals surface area contributed by atoms with Gasteiger partial charge in [-0.25, -0.2) is 0 Å². The lowest BCUT2D eigenvalue weighted by molar-refractivity contribution is 0.523. The van der Waals surface area contributed by atoms with E-state index in [0.29, 0.717) is 0 Å². The molecule has 0 aliphatic carbocycles. The smallest absolute Gasteiger partial charge is 0.0300 e. The Hall–Kier alpha value is -2.23. The van der Waals surface area contributed by atoms with Crippen molar-refractivity contribution >= 4 is 10.8 Å². The van der Waals surface area contributed by atoms with E-state index in [0.717, 1.165) is 12.8 Å². The number of fused-ring (bicyclic) bond motifs is 1. The Morgan fingerprint density at radius 2 is 1.81 bits per heavy atom. The molecule has 1 unspecified atom stereocenters. The molecule has 0 aliphatic rings. The predicted octanol–water partition coefficient (Wildman–Crippen LogP) is 2.85. The van der Waals surface area contributed by atoms with Crippen LogP contribution in [0.3, 0.4) is 0 Å². The lowest BCUT2D eigenvalue weighted by Crippen LogP contribution is -2.38. The van der Waals surface area contributed by atoms with Crippen LogP contribution in [-0.2, 0) is 12.8 Å². The van der Waals surface area contributed by atoms with E-state index < -0.39 is 0 Å². The lowest BCUT2D eigenvalue weighted by atomic mass is 9.96. The van der Waals surface area contributed by atoms with Crippen LogP contribution in [0.5, 0.6) is 0 Å². The number of nitrogens with zero attached hydrogens (tertiary/aromatic N) is 1. The van der Waals surface area contributed by atoms with E-state index in [1.165, 1.54) is 21.9 Å². The third kappa shape index (κ3) is 3.27. The molecular formula is C18H19N3. The van der Waals surface area contributed by atoms with Crippen LogP contribution < -0.4 is 11.3 Å². The highest BCUT2D eigenvalue weighted by atomic mass is 15.2. The molecule has 1 aromatic heterocycles. The minimum absolute atomic E-state index is 0.194. The molecule has 0 bridgehead atoms. The van der Waals surface area contributed by atoms with Gasteiger partial charge >= 0.3 is 0 Å². The molecule has 0 saturated heterocycles. The Balaban J connectivity index is 1.82. The maximum atomic E-state index is 5.74. The third-order valence-electron chi connectivity index (χ3n) is 3.79. The van der Waals surface area contributed by atoms with Gasteiger partial charge in [-0.2, -0.15) is 0 Å². The van der Waals surface area contributed by atoms with Gasteiger partial charge in [0.1, 0.15) is 0 Å². The number of benzene rings is 2. The first-order valence-corrected chi connectivity index (χ1v) is 7.18. The summed E-state index contributed by atoms with van der Waals surface area (Å²) in [5.41, 5.74) is 5.45. The molecule has 3 rings (SSSR count). The summed E-state index contributed by atoms with van der Waals surface area (Å²) in [4.78, 5) is 4.16. The topological polar surface area (TPSA) is 50.9 Å². The van der Waals surface area contributed by atoms with Gasteiger partial charge in [0.2, 0.25) is 0 Å². The van der Waals surface area contributed by atoms with Crippen LogP contribution >= 0.6 is 0 Å². The van der Waals surface area contributed by atoms with Crippen molar-refractivity contribution in [2.24, 2.45) is 5.84 Å². The van der Waals surface area contributed by atoms with Crippen molar-refractivity contribution in [2.75, 3.05) is 0 Å². The Morgan fingerprint density at radius 3 is 2.62 bits per heavy atom. The number of hydrogen-bond donors (Lipinski definition) is 2. The maximum absolute atomic E-state index is 5.74. The quantitative estimate of drug-likeness (QED) is 0.557. The van der Waals surface area contributed by atoms with Crippen LogP contribution in [0.4, 0.5) is 0 Å². The van der Waals surface area contributed by atoms with Gasteiger partial charge in [-0.15, -0.1) is 0 Å². The fourth-order valence-corrected chi connectivity index (χ4v) is 2.73. The Bertz CT molecular complexity index is 704. The van der Waals surface area contributed by atoms with Crippen LogP contribution in [0.25, 0.3) is 10.8 Å². The summed E-state index contributed by atoms with van der Waals surface area (Å²) in [5.74, 6) is 5.74. The number of hydrazine groups is 1. The molecule has 0 radical (unpaired) electrons. The molecule has 21 heavy (non-hydrogen) atoms. The van der Waals surface area contributed by atoms with Crippen LogP contribution in [0.2, 0.25) is 0 Å². The number of nitrogens with two attached hydrogens (primary N) is 1. The van der Waals surface area contributed by atoms with Gasteiger partial charge in [0.25, 0.3) is 0 Å². The fourth-order valence-electron chi connectivity index (χ4n) is 2.73. The number of nitrogens with one attached hydrogen (secondary N) is 1. The van der Waals surface area contributed by atoms with Crippen molar-refractivity contribution in [2.45, 2.75) is 18.9 Å². The molecule has 1 heterocycles. The zero-order valence-electron chi connectivity index (χ0n) is 11.9. The number of pyridine rings is 1. The number of aromatic nitrogens is 1. The first-order valence-electron chi connectivity index (χ1n) is 7.18. The van der Waals surface area contributed by atoms with Gasteiger partial charge in [0.05, 0.1) is 0 Å². The van der Waals surface area contributed by atoms with Gasteiger partial charge in [-0.1, -0.05) is 48.5 Å². The summed E-state index contributed by atoms with van der Waals surface area (Å²) in [5, 5.41) is 2.57. The summed E-state index contributed by atoms with van der Waals surface area (Å²) in [7, 11) is 0.